The van der Waals surface area contributed by atoms with Gasteiger partial charge < -0.3 is 5.11 Å². The van der Waals surface area contributed by atoms with Gasteiger partial charge in [-0.1, -0.05) is 11.6 Å². The number of nitro groups is 1. The van der Waals surface area contributed by atoms with Gasteiger partial charge in [-0.2, -0.15) is 0 Å². The van der Waals surface area contributed by atoms with Crippen LogP contribution >= 0.6 is 11.6 Å². The number of halogens is 1. The molecule has 2 heterocycles. The van der Waals surface area contributed by atoms with Gasteiger partial charge in [-0.25, -0.2) is 9.78 Å². The summed E-state index contributed by atoms with van der Waals surface area (Å²) in [6, 6.07) is 9.26. The number of carboxylic acids is 1. The molecule has 1 aromatic carbocycles. The molecule has 7 nitrogen and oxygen atoms in total. The van der Waals surface area contributed by atoms with E-state index in [1.54, 1.807) is 34.9 Å². The molecule has 120 valence electrons. The van der Waals surface area contributed by atoms with Crippen LogP contribution in [0.25, 0.3) is 23.0 Å². The minimum absolute atomic E-state index is 0.0341. The second-order valence-corrected chi connectivity index (χ2v) is 5.33. The molecule has 3 rings (SSSR count). The smallest absolute Gasteiger partial charge is 0.328 e. The predicted octanol–water partition coefficient (Wildman–Crippen LogP) is 3.66. The van der Waals surface area contributed by atoms with Crippen molar-refractivity contribution >= 4 is 35.0 Å². The monoisotopic (exact) mass is 343 g/mol. The van der Waals surface area contributed by atoms with E-state index in [0.717, 1.165) is 6.08 Å². The fourth-order valence-electron chi connectivity index (χ4n) is 2.30. The number of rotatable bonds is 4. The Morgan fingerprint density at radius 2 is 1.96 bits per heavy atom. The molecule has 2 aromatic heterocycles. The molecule has 0 radical (unpaired) electrons. The fraction of sp³-hybridized carbons (Fsp3) is 0. The summed E-state index contributed by atoms with van der Waals surface area (Å²) in [5, 5.41) is 20.1. The van der Waals surface area contributed by atoms with Crippen LogP contribution in [0.5, 0.6) is 0 Å². The average Bonchev–Trinajstić information content (AvgIpc) is 2.90. The van der Waals surface area contributed by atoms with Gasteiger partial charge in [-0.3, -0.25) is 14.5 Å². The van der Waals surface area contributed by atoms with Crippen molar-refractivity contribution in [2.24, 2.45) is 0 Å². The minimum atomic E-state index is -1.10. The number of hydrogen-bond acceptors (Lipinski definition) is 4. The average molecular weight is 344 g/mol. The lowest BCUT2D eigenvalue weighted by Crippen LogP contribution is -1.91. The zero-order chi connectivity index (χ0) is 17.3. The lowest BCUT2D eigenvalue weighted by molar-refractivity contribution is -0.384. The van der Waals surface area contributed by atoms with E-state index < -0.39 is 10.9 Å². The fourth-order valence-corrected chi connectivity index (χ4v) is 2.46. The third kappa shape index (κ3) is 2.97. The van der Waals surface area contributed by atoms with Crippen molar-refractivity contribution in [3.05, 3.63) is 69.5 Å². The Balaban J connectivity index is 2.20. The summed E-state index contributed by atoms with van der Waals surface area (Å²) < 4.78 is 1.67. The van der Waals surface area contributed by atoms with Crippen molar-refractivity contribution < 1.29 is 14.8 Å². The first-order valence-corrected chi connectivity index (χ1v) is 7.17. The molecule has 0 spiro atoms. The second kappa shape index (κ2) is 6.13. The van der Waals surface area contributed by atoms with Gasteiger partial charge in [0.15, 0.2) is 0 Å². The summed E-state index contributed by atoms with van der Waals surface area (Å²) in [4.78, 5) is 25.6. The van der Waals surface area contributed by atoms with Crippen LogP contribution in [0.2, 0.25) is 5.02 Å². The molecule has 0 aliphatic carbocycles. The molecular weight excluding hydrogens is 334 g/mol. The first kappa shape index (κ1) is 15.7. The Morgan fingerprint density at radius 1 is 1.25 bits per heavy atom. The van der Waals surface area contributed by atoms with Crippen LogP contribution in [0, 0.1) is 10.1 Å². The van der Waals surface area contributed by atoms with Crippen LogP contribution in [0.4, 0.5) is 5.69 Å². The Labute approximate surface area is 140 Å². The number of aliphatic carboxylic acids is 1. The van der Waals surface area contributed by atoms with E-state index in [1.165, 1.54) is 18.2 Å². The number of carbonyl (C=O) groups is 1. The zero-order valence-electron chi connectivity index (χ0n) is 12.1. The van der Waals surface area contributed by atoms with Crippen molar-refractivity contribution in [2.45, 2.75) is 0 Å². The highest BCUT2D eigenvalue weighted by Crippen LogP contribution is 2.28. The number of nitro benzene ring substituents is 1. The first-order valence-electron chi connectivity index (χ1n) is 6.79. The number of aromatic nitrogens is 2. The van der Waals surface area contributed by atoms with E-state index in [1.807, 2.05) is 0 Å². The number of non-ortho nitro benzene ring substituents is 1. The van der Waals surface area contributed by atoms with Crippen LogP contribution in [0.1, 0.15) is 5.69 Å². The predicted molar refractivity (Wildman–Crippen MR) is 89.0 cm³/mol. The standard InChI is InChI=1S/C16H10ClN3O4/c17-11-3-7-14-18-16(10-1-4-12(5-2-10)20(23)24)13(19(14)9-11)6-8-15(21)22/h1-9H,(H,21,22). The molecule has 0 bridgehead atoms. The molecule has 0 saturated heterocycles. The van der Waals surface area contributed by atoms with Crippen molar-refractivity contribution in [1.82, 2.24) is 9.38 Å². The topological polar surface area (TPSA) is 97.7 Å². The van der Waals surface area contributed by atoms with Gasteiger partial charge in [0, 0.05) is 30.0 Å². The second-order valence-electron chi connectivity index (χ2n) is 4.90. The third-order valence-electron chi connectivity index (χ3n) is 3.35. The van der Waals surface area contributed by atoms with Gasteiger partial charge in [0.2, 0.25) is 0 Å². The molecule has 0 aliphatic heterocycles. The van der Waals surface area contributed by atoms with E-state index in [2.05, 4.69) is 4.98 Å². The van der Waals surface area contributed by atoms with Crippen LogP contribution in [-0.2, 0) is 4.79 Å². The number of benzene rings is 1. The molecule has 0 saturated carbocycles. The highest BCUT2D eigenvalue weighted by atomic mass is 35.5. The Morgan fingerprint density at radius 3 is 2.58 bits per heavy atom. The molecule has 8 heteroatoms. The van der Waals surface area contributed by atoms with Crippen LogP contribution in [0.15, 0.2) is 48.7 Å². The van der Waals surface area contributed by atoms with Crippen LogP contribution in [0.3, 0.4) is 0 Å². The van der Waals surface area contributed by atoms with Gasteiger partial charge >= 0.3 is 5.97 Å². The molecule has 0 amide bonds. The number of imidazole rings is 1. The number of nitrogens with zero attached hydrogens (tertiary/aromatic N) is 3. The van der Waals surface area contributed by atoms with Gasteiger partial charge in [0.05, 0.1) is 21.3 Å². The number of carboxylic acid groups (broad SMARTS) is 1. The van der Waals surface area contributed by atoms with Gasteiger partial charge in [-0.15, -0.1) is 0 Å². The Hall–Kier alpha value is -3.19. The number of pyridine rings is 1. The molecule has 3 aromatic rings. The number of hydrogen-bond donors (Lipinski definition) is 1. The molecule has 0 unspecified atom stereocenters. The molecule has 0 fully saturated rings. The molecule has 1 N–H and O–H groups in total. The van der Waals surface area contributed by atoms with E-state index in [9.17, 15) is 14.9 Å². The summed E-state index contributed by atoms with van der Waals surface area (Å²) in [5.41, 5.74) is 2.20. The quantitative estimate of drug-likeness (QED) is 0.443. The molecular formula is C16H10ClN3O4. The highest BCUT2D eigenvalue weighted by Gasteiger charge is 2.14. The summed E-state index contributed by atoms with van der Waals surface area (Å²) in [6.45, 7) is 0. The van der Waals surface area contributed by atoms with Crippen LogP contribution in [-0.4, -0.2) is 25.4 Å². The lowest BCUT2D eigenvalue weighted by atomic mass is 10.1. The molecule has 0 atom stereocenters. The largest absolute Gasteiger partial charge is 0.478 e. The highest BCUT2D eigenvalue weighted by molar-refractivity contribution is 6.30. The van der Waals surface area contributed by atoms with Gasteiger partial charge in [0.1, 0.15) is 5.65 Å². The van der Waals surface area contributed by atoms with Crippen molar-refractivity contribution in [3.63, 3.8) is 0 Å². The minimum Gasteiger partial charge on any atom is -0.478 e. The summed E-state index contributed by atoms with van der Waals surface area (Å²) in [5.74, 6) is -1.10. The maximum absolute atomic E-state index is 10.8. The van der Waals surface area contributed by atoms with E-state index in [4.69, 9.17) is 16.7 Å². The van der Waals surface area contributed by atoms with E-state index in [0.29, 0.717) is 27.6 Å². The maximum atomic E-state index is 10.8. The van der Waals surface area contributed by atoms with Crippen LogP contribution < -0.4 is 0 Å². The van der Waals surface area contributed by atoms with Crippen molar-refractivity contribution in [1.29, 1.82) is 0 Å². The Kier molecular flexibility index (Phi) is 4.01. The van der Waals surface area contributed by atoms with Gasteiger partial charge in [0.25, 0.3) is 5.69 Å². The maximum Gasteiger partial charge on any atom is 0.328 e. The first-order chi connectivity index (χ1) is 11.5. The SMILES string of the molecule is O=C(O)C=Cc1c(-c2ccc([N+](=O)[O-])cc2)nc2ccc(Cl)cn12. The lowest BCUT2D eigenvalue weighted by Gasteiger charge is -2.01. The van der Waals surface area contributed by atoms with E-state index in [-0.39, 0.29) is 5.69 Å². The zero-order valence-corrected chi connectivity index (χ0v) is 12.8. The third-order valence-corrected chi connectivity index (χ3v) is 3.58. The van der Waals surface area contributed by atoms with Crippen molar-refractivity contribution in [3.8, 4) is 11.3 Å². The molecule has 0 aliphatic rings. The summed E-state index contributed by atoms with van der Waals surface area (Å²) >= 11 is 6.00. The van der Waals surface area contributed by atoms with E-state index >= 15 is 0 Å². The van der Waals surface area contributed by atoms with Crippen molar-refractivity contribution in [2.75, 3.05) is 0 Å². The van der Waals surface area contributed by atoms with Gasteiger partial charge in [-0.05, 0) is 30.3 Å². The molecule has 24 heavy (non-hydrogen) atoms. The summed E-state index contributed by atoms with van der Waals surface area (Å²) in [7, 11) is 0. The summed E-state index contributed by atoms with van der Waals surface area (Å²) in [6.07, 6.45) is 4.04. The normalized spacial score (nSPS) is 11.2. The number of fused-ring (bicyclic) bond motifs is 1. The Bertz CT molecular complexity index is 977.